The van der Waals surface area contributed by atoms with Crippen molar-refractivity contribution in [2.75, 3.05) is 7.11 Å². The number of rotatable bonds is 5. The third-order valence-electron chi connectivity index (χ3n) is 5.52. The second kappa shape index (κ2) is 9.65. The van der Waals surface area contributed by atoms with E-state index >= 15 is 0 Å². The summed E-state index contributed by atoms with van der Waals surface area (Å²) in [7, 11) is 1.64. The number of nitrogens with one attached hydrogen (secondary N) is 1. The van der Waals surface area contributed by atoms with Crippen LogP contribution in [0.15, 0.2) is 107 Å². The molecule has 0 fully saturated rings. The zero-order valence-electron chi connectivity index (χ0n) is 19.3. The van der Waals surface area contributed by atoms with Crippen LogP contribution in [-0.2, 0) is 0 Å². The number of carbonyl (C=O) groups excluding carboxylic acids is 1. The zero-order chi connectivity index (χ0) is 24.2. The number of carbonyl (C=O) groups is 1. The molecule has 6 heteroatoms. The molecule has 0 unspecified atom stereocenters. The molecule has 6 nitrogen and oxygen atoms in total. The molecule has 0 aliphatic heterocycles. The lowest BCUT2D eigenvalue weighted by atomic mass is 10.1. The van der Waals surface area contributed by atoms with Crippen LogP contribution < -0.4 is 19.8 Å². The van der Waals surface area contributed by atoms with E-state index in [-0.39, 0.29) is 0 Å². The van der Waals surface area contributed by atoms with Crippen molar-refractivity contribution in [2.24, 2.45) is 4.99 Å². The first-order chi connectivity index (χ1) is 17.1. The van der Waals surface area contributed by atoms with Gasteiger partial charge in [-0.3, -0.25) is 0 Å². The molecule has 0 radical (unpaired) electrons. The number of hydrogen-bond donors (Lipinski definition) is 0. The Morgan fingerprint density at radius 2 is 1.57 bits per heavy atom. The summed E-state index contributed by atoms with van der Waals surface area (Å²) in [6.45, 7) is 2.04. The van der Waals surface area contributed by atoms with Crippen molar-refractivity contribution in [1.82, 2.24) is 0 Å². The molecule has 0 aliphatic rings. The molecule has 0 saturated carbocycles. The van der Waals surface area contributed by atoms with Gasteiger partial charge in [-0.25, -0.2) is 14.8 Å². The van der Waals surface area contributed by atoms with Crippen LogP contribution >= 0.6 is 0 Å². The second-order valence-electron chi connectivity index (χ2n) is 8.01. The Kier molecular flexibility index (Phi) is 6.09. The highest BCUT2D eigenvalue weighted by Crippen LogP contribution is 2.26. The number of benzene rings is 3. The highest BCUT2D eigenvalue weighted by molar-refractivity contribution is 5.90. The van der Waals surface area contributed by atoms with Gasteiger partial charge in [0.1, 0.15) is 22.8 Å². The van der Waals surface area contributed by atoms with Crippen LogP contribution in [0.5, 0.6) is 11.5 Å². The van der Waals surface area contributed by atoms with Crippen molar-refractivity contribution < 1.29 is 23.7 Å². The molecule has 2 heterocycles. The summed E-state index contributed by atoms with van der Waals surface area (Å²) in [5, 5.41) is 1.70. The van der Waals surface area contributed by atoms with Crippen LogP contribution in [0.2, 0.25) is 0 Å². The van der Waals surface area contributed by atoms with E-state index in [2.05, 4.69) is 11.1 Å². The van der Waals surface area contributed by atoms with E-state index in [1.165, 1.54) is 0 Å². The molecular weight excluding hydrogens is 440 g/mol. The summed E-state index contributed by atoms with van der Waals surface area (Å²) >= 11 is 0. The number of esters is 1. The summed E-state index contributed by atoms with van der Waals surface area (Å²) in [6, 6.07) is 26.1. The first kappa shape index (κ1) is 22.1. The SMILES string of the molecule is COc1ccc(-c2cc(=Nc3ccc(OC(=O)c4cc[nH+]cc4)cc3)c3cc(C)ccc3o2)cc1. The monoisotopic (exact) mass is 463 g/mol. The molecule has 35 heavy (non-hydrogen) atoms. The Balaban J connectivity index is 1.51. The Morgan fingerprint density at radius 3 is 2.29 bits per heavy atom. The maximum Gasteiger partial charge on any atom is 0.343 e. The fourth-order valence-corrected chi connectivity index (χ4v) is 3.69. The molecule has 0 spiro atoms. The number of H-pyrrole nitrogens is 1. The first-order valence-corrected chi connectivity index (χ1v) is 11.1. The van der Waals surface area contributed by atoms with Gasteiger partial charge >= 0.3 is 5.97 Å². The maximum absolute atomic E-state index is 12.3. The Hall–Kier alpha value is -4.71. The number of aromatic nitrogens is 1. The van der Waals surface area contributed by atoms with E-state index < -0.39 is 5.97 Å². The van der Waals surface area contributed by atoms with Crippen LogP contribution in [0.4, 0.5) is 5.69 Å². The lowest BCUT2D eigenvalue weighted by Crippen LogP contribution is -2.10. The van der Waals surface area contributed by atoms with Crippen LogP contribution in [0.1, 0.15) is 15.9 Å². The van der Waals surface area contributed by atoms with Crippen molar-refractivity contribution in [3.8, 4) is 22.8 Å². The number of hydrogen-bond acceptors (Lipinski definition) is 5. The summed E-state index contributed by atoms with van der Waals surface area (Å²) in [5.41, 5.74) is 3.98. The van der Waals surface area contributed by atoms with Crippen molar-refractivity contribution in [3.63, 3.8) is 0 Å². The van der Waals surface area contributed by atoms with Crippen molar-refractivity contribution in [1.29, 1.82) is 0 Å². The molecule has 2 aromatic heterocycles. The summed E-state index contributed by atoms with van der Waals surface area (Å²) in [6.07, 6.45) is 3.36. The largest absolute Gasteiger partial charge is 0.497 e. The quantitative estimate of drug-likeness (QED) is 0.248. The van der Waals surface area contributed by atoms with Gasteiger partial charge in [0.15, 0.2) is 12.4 Å². The van der Waals surface area contributed by atoms with E-state index in [9.17, 15) is 4.79 Å². The molecule has 0 amide bonds. The average Bonchev–Trinajstić information content (AvgIpc) is 2.90. The molecule has 5 aromatic rings. The van der Waals surface area contributed by atoms with Crippen molar-refractivity contribution in [2.45, 2.75) is 6.92 Å². The van der Waals surface area contributed by atoms with Gasteiger partial charge in [-0.05, 0) is 67.6 Å². The molecule has 0 saturated heterocycles. The Labute approximate surface area is 202 Å². The van der Waals surface area contributed by atoms with E-state index in [4.69, 9.17) is 18.9 Å². The number of aromatic amines is 1. The summed E-state index contributed by atoms with van der Waals surface area (Å²) in [5.74, 6) is 1.51. The van der Waals surface area contributed by atoms with Gasteiger partial charge in [-0.1, -0.05) is 11.6 Å². The third-order valence-corrected chi connectivity index (χ3v) is 5.52. The smallest absolute Gasteiger partial charge is 0.343 e. The van der Waals surface area contributed by atoms with E-state index in [0.29, 0.717) is 17.1 Å². The highest BCUT2D eigenvalue weighted by atomic mass is 16.5. The minimum absolute atomic E-state index is 0.418. The lowest BCUT2D eigenvalue weighted by Gasteiger charge is -2.07. The Bertz CT molecular complexity index is 1560. The molecular formula is C29H23N2O4+. The third kappa shape index (κ3) is 4.96. The van der Waals surface area contributed by atoms with Crippen molar-refractivity contribution >= 4 is 22.6 Å². The standard InChI is InChI=1S/C29H22N2O4/c1-19-3-12-27-25(17-19)26(18-28(35-27)20-4-8-23(33-2)9-5-20)31-22-6-10-24(11-7-22)34-29(32)21-13-15-30-16-14-21/h3-18H,1-2H3/p+1. The maximum atomic E-state index is 12.3. The predicted octanol–water partition coefficient (Wildman–Crippen LogP) is 5.68. The predicted molar refractivity (Wildman–Crippen MR) is 133 cm³/mol. The fourth-order valence-electron chi connectivity index (χ4n) is 3.69. The number of nitrogens with zero attached hydrogens (tertiary/aromatic N) is 1. The first-order valence-electron chi connectivity index (χ1n) is 11.1. The number of methoxy groups -OCH3 is 1. The summed E-state index contributed by atoms with van der Waals surface area (Å²) in [4.78, 5) is 20.1. The molecule has 0 bridgehead atoms. The minimum atomic E-state index is -0.418. The normalized spacial score (nSPS) is 11.4. The van der Waals surface area contributed by atoms with Gasteiger partial charge in [-0.15, -0.1) is 0 Å². The van der Waals surface area contributed by atoms with Crippen LogP contribution in [0.25, 0.3) is 22.3 Å². The van der Waals surface area contributed by atoms with E-state index in [1.807, 2.05) is 61.5 Å². The van der Waals surface area contributed by atoms with Gasteiger partial charge < -0.3 is 13.9 Å². The molecule has 0 aliphatic carbocycles. The molecule has 172 valence electrons. The van der Waals surface area contributed by atoms with Crippen LogP contribution in [0.3, 0.4) is 0 Å². The molecule has 5 rings (SSSR count). The van der Waals surface area contributed by atoms with Gasteiger partial charge in [0.25, 0.3) is 0 Å². The Morgan fingerprint density at radius 1 is 0.857 bits per heavy atom. The van der Waals surface area contributed by atoms with Gasteiger partial charge in [0, 0.05) is 29.1 Å². The number of aryl methyl sites for hydroxylation is 1. The topological polar surface area (TPSA) is 75.2 Å². The van der Waals surface area contributed by atoms with E-state index in [0.717, 1.165) is 38.9 Å². The van der Waals surface area contributed by atoms with Crippen LogP contribution in [-0.4, -0.2) is 13.1 Å². The second-order valence-corrected chi connectivity index (χ2v) is 8.01. The lowest BCUT2D eigenvalue weighted by molar-refractivity contribution is -0.378. The van der Waals surface area contributed by atoms with Crippen LogP contribution in [0, 0.1) is 6.92 Å². The van der Waals surface area contributed by atoms with Gasteiger partial charge in [0.2, 0.25) is 0 Å². The average molecular weight is 464 g/mol. The summed E-state index contributed by atoms with van der Waals surface area (Å²) < 4.78 is 16.9. The van der Waals surface area contributed by atoms with Gasteiger partial charge in [0.05, 0.1) is 23.7 Å². The fraction of sp³-hybridized carbons (Fsp3) is 0.0690. The van der Waals surface area contributed by atoms with E-state index in [1.54, 1.807) is 43.8 Å². The van der Waals surface area contributed by atoms with Gasteiger partial charge in [-0.2, -0.15) is 0 Å². The number of ether oxygens (including phenoxy) is 2. The molecule has 0 atom stereocenters. The minimum Gasteiger partial charge on any atom is -0.497 e. The molecule has 1 N–H and O–H groups in total. The number of pyridine rings is 1. The number of fused-ring (bicyclic) bond motifs is 1. The highest BCUT2D eigenvalue weighted by Gasteiger charge is 2.10. The molecule has 3 aromatic carbocycles. The van der Waals surface area contributed by atoms with Crippen molar-refractivity contribution in [3.05, 3.63) is 114 Å². The zero-order valence-corrected chi connectivity index (χ0v) is 19.3.